The topological polar surface area (TPSA) is 85.4 Å². The molecule has 0 fully saturated rings. The molecule has 1 atom stereocenters. The normalized spacial score (nSPS) is 11.9. The molecule has 18 heavy (non-hydrogen) atoms. The van der Waals surface area contributed by atoms with Gasteiger partial charge < -0.3 is 20.1 Å². The summed E-state index contributed by atoms with van der Waals surface area (Å²) in [6, 6.07) is 3.29. The molecule has 0 radical (unpaired) electrons. The summed E-state index contributed by atoms with van der Waals surface area (Å²) in [6.45, 7) is 0.778. The number of methoxy groups -OCH3 is 2. The number of rotatable bonds is 7. The van der Waals surface area contributed by atoms with Gasteiger partial charge in [0.2, 0.25) is 0 Å². The molecular formula is C11H18N4O3. The molecular weight excluding hydrogens is 236 g/mol. The number of nitrogens with zero attached hydrogens (tertiary/aromatic N) is 2. The van der Waals surface area contributed by atoms with E-state index in [0.29, 0.717) is 19.0 Å². The Balaban J connectivity index is 2.48. The van der Waals surface area contributed by atoms with E-state index in [1.165, 1.54) is 0 Å². The van der Waals surface area contributed by atoms with E-state index in [-0.39, 0.29) is 17.7 Å². The van der Waals surface area contributed by atoms with Crippen LogP contribution in [-0.4, -0.2) is 56.6 Å². The highest BCUT2D eigenvalue weighted by Crippen LogP contribution is 2.00. The molecule has 0 bridgehead atoms. The fourth-order valence-electron chi connectivity index (χ4n) is 1.28. The summed E-state index contributed by atoms with van der Waals surface area (Å²) in [5.41, 5.74) is 0.265. The van der Waals surface area contributed by atoms with E-state index in [2.05, 4.69) is 20.8 Å². The molecule has 1 heterocycles. The zero-order chi connectivity index (χ0) is 13.4. The lowest BCUT2D eigenvalue weighted by Gasteiger charge is -2.14. The van der Waals surface area contributed by atoms with Gasteiger partial charge in [0.25, 0.3) is 5.91 Å². The van der Waals surface area contributed by atoms with E-state index in [9.17, 15) is 4.79 Å². The monoisotopic (exact) mass is 254 g/mol. The number of aromatic nitrogens is 2. The van der Waals surface area contributed by atoms with Crippen molar-refractivity contribution in [2.45, 2.75) is 6.10 Å². The van der Waals surface area contributed by atoms with Crippen molar-refractivity contribution < 1.29 is 14.3 Å². The first-order valence-corrected chi connectivity index (χ1v) is 5.52. The summed E-state index contributed by atoms with van der Waals surface area (Å²) >= 11 is 0. The third kappa shape index (κ3) is 4.27. The minimum atomic E-state index is -0.289. The number of carbonyl (C=O) groups is 1. The van der Waals surface area contributed by atoms with Gasteiger partial charge in [-0.2, -0.15) is 0 Å². The van der Waals surface area contributed by atoms with Crippen LogP contribution in [0.15, 0.2) is 12.1 Å². The predicted molar refractivity (Wildman–Crippen MR) is 66.6 cm³/mol. The number of hydrogen-bond donors (Lipinski definition) is 2. The lowest BCUT2D eigenvalue weighted by Crippen LogP contribution is -2.36. The maximum Gasteiger partial charge on any atom is 0.271 e. The highest BCUT2D eigenvalue weighted by Gasteiger charge is 2.12. The summed E-state index contributed by atoms with van der Waals surface area (Å²) in [4.78, 5) is 11.7. The van der Waals surface area contributed by atoms with Crippen molar-refractivity contribution in [1.29, 1.82) is 0 Å². The third-order valence-corrected chi connectivity index (χ3v) is 2.33. The molecule has 1 unspecified atom stereocenters. The van der Waals surface area contributed by atoms with Crippen LogP contribution in [0.3, 0.4) is 0 Å². The Kier molecular flexibility index (Phi) is 6.03. The van der Waals surface area contributed by atoms with E-state index >= 15 is 0 Å². The number of amides is 1. The van der Waals surface area contributed by atoms with E-state index in [1.54, 1.807) is 33.4 Å². The quantitative estimate of drug-likeness (QED) is 0.707. The van der Waals surface area contributed by atoms with E-state index in [1.807, 2.05) is 0 Å². The molecule has 0 spiro atoms. The second-order valence-corrected chi connectivity index (χ2v) is 3.58. The molecule has 7 heteroatoms. The zero-order valence-corrected chi connectivity index (χ0v) is 10.8. The summed E-state index contributed by atoms with van der Waals surface area (Å²) < 4.78 is 10.1. The van der Waals surface area contributed by atoms with Crippen LogP contribution < -0.4 is 10.6 Å². The first-order chi connectivity index (χ1) is 8.71. The predicted octanol–water partition coefficient (Wildman–Crippen LogP) is -0.0905. The van der Waals surface area contributed by atoms with Gasteiger partial charge >= 0.3 is 0 Å². The molecule has 0 saturated carbocycles. The molecule has 2 N–H and O–H groups in total. The van der Waals surface area contributed by atoms with Crippen LogP contribution in [0.1, 0.15) is 10.5 Å². The minimum absolute atomic E-state index is 0.177. The average molecular weight is 254 g/mol. The molecule has 0 aliphatic heterocycles. The number of hydrogen-bond acceptors (Lipinski definition) is 6. The second kappa shape index (κ2) is 7.57. The molecule has 1 rings (SSSR count). The number of nitrogens with one attached hydrogen (secondary N) is 2. The molecule has 1 aromatic rings. The number of ether oxygens (including phenoxy) is 2. The van der Waals surface area contributed by atoms with Gasteiger partial charge in [0.15, 0.2) is 5.69 Å². The van der Waals surface area contributed by atoms with Gasteiger partial charge in [0.1, 0.15) is 5.82 Å². The van der Waals surface area contributed by atoms with Gasteiger partial charge in [-0.1, -0.05) is 0 Å². The molecule has 100 valence electrons. The van der Waals surface area contributed by atoms with Crippen LogP contribution in [0.2, 0.25) is 0 Å². The SMILES string of the molecule is CNc1ccc(C(=O)NCC(COC)OC)nn1. The van der Waals surface area contributed by atoms with Gasteiger partial charge in [-0.05, 0) is 12.1 Å². The fourth-order valence-corrected chi connectivity index (χ4v) is 1.28. The Morgan fingerprint density at radius 3 is 2.67 bits per heavy atom. The number of anilines is 1. The van der Waals surface area contributed by atoms with Gasteiger partial charge in [0.05, 0.1) is 12.7 Å². The molecule has 0 aromatic carbocycles. The van der Waals surface area contributed by atoms with Crippen molar-refractivity contribution in [2.75, 3.05) is 39.7 Å². The maximum atomic E-state index is 11.7. The Hall–Kier alpha value is -1.73. The maximum absolute atomic E-state index is 11.7. The first-order valence-electron chi connectivity index (χ1n) is 5.52. The summed E-state index contributed by atoms with van der Waals surface area (Å²) in [7, 11) is 4.88. The zero-order valence-electron chi connectivity index (χ0n) is 10.8. The largest absolute Gasteiger partial charge is 0.382 e. The molecule has 1 aromatic heterocycles. The molecule has 1 amide bonds. The average Bonchev–Trinajstić information content (AvgIpc) is 2.43. The van der Waals surface area contributed by atoms with Crippen LogP contribution >= 0.6 is 0 Å². The van der Waals surface area contributed by atoms with Gasteiger partial charge in [-0.3, -0.25) is 4.79 Å². The minimum Gasteiger partial charge on any atom is -0.382 e. The Morgan fingerprint density at radius 2 is 2.17 bits per heavy atom. The van der Waals surface area contributed by atoms with Crippen LogP contribution in [0, 0.1) is 0 Å². The Bertz CT molecular complexity index is 369. The van der Waals surface area contributed by atoms with Gasteiger partial charge in [-0.25, -0.2) is 0 Å². The number of carbonyl (C=O) groups excluding carboxylic acids is 1. The lowest BCUT2D eigenvalue weighted by atomic mass is 10.3. The molecule has 7 nitrogen and oxygen atoms in total. The van der Waals surface area contributed by atoms with Crippen molar-refractivity contribution in [2.24, 2.45) is 0 Å². The Labute approximate surface area is 106 Å². The van der Waals surface area contributed by atoms with Crippen LogP contribution in [0.4, 0.5) is 5.82 Å². The lowest BCUT2D eigenvalue weighted by molar-refractivity contribution is 0.0285. The molecule has 0 aliphatic carbocycles. The summed E-state index contributed by atoms with van der Waals surface area (Å²) in [5.74, 6) is 0.323. The van der Waals surface area contributed by atoms with Crippen LogP contribution in [0.25, 0.3) is 0 Å². The highest BCUT2D eigenvalue weighted by molar-refractivity contribution is 5.92. The van der Waals surface area contributed by atoms with Crippen molar-refractivity contribution in [3.63, 3.8) is 0 Å². The second-order valence-electron chi connectivity index (χ2n) is 3.58. The van der Waals surface area contributed by atoms with Crippen molar-refractivity contribution in [1.82, 2.24) is 15.5 Å². The van der Waals surface area contributed by atoms with E-state index in [4.69, 9.17) is 9.47 Å². The summed E-state index contributed by atoms with van der Waals surface area (Å²) in [6.07, 6.45) is -0.177. The molecule has 0 saturated heterocycles. The van der Waals surface area contributed by atoms with Crippen LogP contribution in [-0.2, 0) is 9.47 Å². The van der Waals surface area contributed by atoms with Gasteiger partial charge in [0, 0.05) is 27.8 Å². The van der Waals surface area contributed by atoms with Crippen molar-refractivity contribution >= 4 is 11.7 Å². The molecule has 0 aliphatic rings. The smallest absolute Gasteiger partial charge is 0.271 e. The van der Waals surface area contributed by atoms with E-state index in [0.717, 1.165) is 0 Å². The summed E-state index contributed by atoms with van der Waals surface area (Å²) in [5, 5.41) is 13.2. The Morgan fingerprint density at radius 1 is 1.39 bits per heavy atom. The van der Waals surface area contributed by atoms with E-state index < -0.39 is 0 Å². The third-order valence-electron chi connectivity index (χ3n) is 2.33. The highest BCUT2D eigenvalue weighted by atomic mass is 16.5. The van der Waals surface area contributed by atoms with Crippen molar-refractivity contribution in [3.8, 4) is 0 Å². The van der Waals surface area contributed by atoms with Crippen LogP contribution in [0.5, 0.6) is 0 Å². The fraction of sp³-hybridized carbons (Fsp3) is 0.545. The van der Waals surface area contributed by atoms with Crippen molar-refractivity contribution in [3.05, 3.63) is 17.8 Å². The first kappa shape index (κ1) is 14.3. The van der Waals surface area contributed by atoms with Gasteiger partial charge in [-0.15, -0.1) is 10.2 Å². The standard InChI is InChI=1S/C11H18N4O3/c1-12-10-5-4-9(14-15-10)11(16)13-6-8(18-3)7-17-2/h4-5,8H,6-7H2,1-3H3,(H,12,15)(H,13,16).